The minimum atomic E-state index is 0.695. The van der Waals surface area contributed by atoms with Crippen LogP contribution in [0.5, 0.6) is 0 Å². The first-order chi connectivity index (χ1) is 8.65. The standard InChI is InChI=1S/C15H18N2S/c1-10-4-5-11(2)14(8-10)16-15-17(13-6-7-13)12(3)9-18-15/h4-5,8-9,13H,6-7H2,1-3H3. The molecule has 1 aliphatic carbocycles. The normalized spacial score (nSPS) is 16.3. The smallest absolute Gasteiger partial charge is 0.190 e. The van der Waals surface area contributed by atoms with Crippen LogP contribution in [0.2, 0.25) is 0 Å². The first-order valence-corrected chi connectivity index (χ1v) is 7.32. The Bertz CT molecular complexity index is 645. The van der Waals surface area contributed by atoms with Gasteiger partial charge in [-0.3, -0.25) is 0 Å². The van der Waals surface area contributed by atoms with Crippen LogP contribution in [-0.2, 0) is 0 Å². The highest BCUT2D eigenvalue weighted by molar-refractivity contribution is 7.07. The van der Waals surface area contributed by atoms with E-state index in [1.807, 2.05) is 0 Å². The van der Waals surface area contributed by atoms with Crippen molar-refractivity contribution in [2.75, 3.05) is 0 Å². The van der Waals surface area contributed by atoms with Gasteiger partial charge in [-0.15, -0.1) is 11.3 Å². The van der Waals surface area contributed by atoms with E-state index in [0.29, 0.717) is 6.04 Å². The lowest BCUT2D eigenvalue weighted by atomic mass is 10.1. The Kier molecular flexibility index (Phi) is 2.86. The van der Waals surface area contributed by atoms with Gasteiger partial charge in [-0.25, -0.2) is 4.99 Å². The Morgan fingerprint density at radius 2 is 2.00 bits per heavy atom. The molecule has 2 aromatic rings. The van der Waals surface area contributed by atoms with Gasteiger partial charge in [-0.2, -0.15) is 0 Å². The van der Waals surface area contributed by atoms with E-state index in [9.17, 15) is 0 Å². The summed E-state index contributed by atoms with van der Waals surface area (Å²) in [5.41, 5.74) is 4.96. The third-order valence-electron chi connectivity index (χ3n) is 3.41. The molecule has 0 bridgehead atoms. The second-order valence-corrected chi connectivity index (χ2v) is 6.00. The number of hydrogen-bond acceptors (Lipinski definition) is 2. The quantitative estimate of drug-likeness (QED) is 0.773. The third kappa shape index (κ3) is 2.15. The van der Waals surface area contributed by atoms with Gasteiger partial charge in [0.15, 0.2) is 4.80 Å². The maximum atomic E-state index is 4.86. The summed E-state index contributed by atoms with van der Waals surface area (Å²) in [6, 6.07) is 7.15. The fourth-order valence-electron chi connectivity index (χ4n) is 2.20. The topological polar surface area (TPSA) is 17.3 Å². The molecule has 1 aromatic heterocycles. The highest BCUT2D eigenvalue weighted by atomic mass is 32.1. The average Bonchev–Trinajstić information content (AvgIpc) is 3.10. The summed E-state index contributed by atoms with van der Waals surface area (Å²) in [6.07, 6.45) is 2.61. The van der Waals surface area contributed by atoms with Crippen LogP contribution in [0.25, 0.3) is 0 Å². The summed E-state index contributed by atoms with van der Waals surface area (Å²) < 4.78 is 2.40. The SMILES string of the molecule is Cc1ccc(C)c(N=c2scc(C)n2C2CC2)c1. The summed E-state index contributed by atoms with van der Waals surface area (Å²) in [5.74, 6) is 0. The molecule has 18 heavy (non-hydrogen) atoms. The fourth-order valence-corrected chi connectivity index (χ4v) is 3.15. The van der Waals surface area contributed by atoms with Crippen molar-refractivity contribution in [3.63, 3.8) is 0 Å². The van der Waals surface area contributed by atoms with Gasteiger partial charge < -0.3 is 4.57 Å². The summed E-state index contributed by atoms with van der Waals surface area (Å²) in [4.78, 5) is 6.01. The summed E-state index contributed by atoms with van der Waals surface area (Å²) >= 11 is 1.75. The molecule has 0 atom stereocenters. The molecule has 0 amide bonds. The lowest BCUT2D eigenvalue weighted by molar-refractivity contribution is 0.693. The lowest BCUT2D eigenvalue weighted by Gasteiger charge is -2.04. The number of hydrogen-bond donors (Lipinski definition) is 0. The molecule has 2 nitrogen and oxygen atoms in total. The van der Waals surface area contributed by atoms with Crippen LogP contribution in [0.4, 0.5) is 5.69 Å². The van der Waals surface area contributed by atoms with Crippen molar-refractivity contribution < 1.29 is 0 Å². The Balaban J connectivity index is 2.14. The zero-order valence-corrected chi connectivity index (χ0v) is 11.9. The van der Waals surface area contributed by atoms with E-state index in [2.05, 4.69) is 48.9 Å². The van der Waals surface area contributed by atoms with Crippen molar-refractivity contribution in [1.29, 1.82) is 0 Å². The third-order valence-corrected chi connectivity index (χ3v) is 4.37. The Morgan fingerprint density at radius 1 is 1.22 bits per heavy atom. The molecule has 1 aliphatic rings. The van der Waals surface area contributed by atoms with E-state index in [1.165, 1.54) is 29.7 Å². The predicted octanol–water partition coefficient (Wildman–Crippen LogP) is 4.04. The van der Waals surface area contributed by atoms with Crippen LogP contribution in [-0.4, -0.2) is 4.57 Å². The van der Waals surface area contributed by atoms with E-state index in [-0.39, 0.29) is 0 Å². The van der Waals surface area contributed by atoms with E-state index in [1.54, 1.807) is 11.3 Å². The van der Waals surface area contributed by atoms with Gasteiger partial charge in [-0.1, -0.05) is 12.1 Å². The van der Waals surface area contributed by atoms with Gasteiger partial charge in [0.2, 0.25) is 0 Å². The first kappa shape index (κ1) is 11.7. The van der Waals surface area contributed by atoms with Gasteiger partial charge in [0.1, 0.15) is 0 Å². The summed E-state index contributed by atoms with van der Waals surface area (Å²) in [5, 5.41) is 2.21. The highest BCUT2D eigenvalue weighted by Crippen LogP contribution is 2.35. The zero-order chi connectivity index (χ0) is 12.7. The monoisotopic (exact) mass is 258 g/mol. The predicted molar refractivity (Wildman–Crippen MR) is 76.5 cm³/mol. The maximum absolute atomic E-state index is 4.86. The highest BCUT2D eigenvalue weighted by Gasteiger charge is 2.25. The molecule has 94 valence electrons. The first-order valence-electron chi connectivity index (χ1n) is 6.44. The minimum Gasteiger partial charge on any atom is -0.318 e. The number of aryl methyl sites for hydroxylation is 3. The van der Waals surface area contributed by atoms with Crippen molar-refractivity contribution in [2.45, 2.75) is 39.7 Å². The van der Waals surface area contributed by atoms with Gasteiger partial charge in [0.05, 0.1) is 5.69 Å². The van der Waals surface area contributed by atoms with Crippen LogP contribution in [0.15, 0.2) is 28.6 Å². The molecule has 0 radical (unpaired) electrons. The largest absolute Gasteiger partial charge is 0.318 e. The maximum Gasteiger partial charge on any atom is 0.190 e. The molecule has 1 aromatic carbocycles. The van der Waals surface area contributed by atoms with Crippen molar-refractivity contribution in [3.8, 4) is 0 Å². The molecule has 3 heteroatoms. The molecule has 0 spiro atoms. The van der Waals surface area contributed by atoms with Gasteiger partial charge in [0, 0.05) is 17.1 Å². The number of benzene rings is 1. The molecular weight excluding hydrogens is 240 g/mol. The van der Waals surface area contributed by atoms with E-state index >= 15 is 0 Å². The summed E-state index contributed by atoms with van der Waals surface area (Å²) in [7, 11) is 0. The van der Waals surface area contributed by atoms with Crippen LogP contribution >= 0.6 is 11.3 Å². The lowest BCUT2D eigenvalue weighted by Crippen LogP contribution is -2.14. The van der Waals surface area contributed by atoms with Crippen LogP contribution in [0.3, 0.4) is 0 Å². The van der Waals surface area contributed by atoms with Crippen molar-refractivity contribution in [2.24, 2.45) is 4.99 Å². The van der Waals surface area contributed by atoms with Crippen LogP contribution in [0, 0.1) is 20.8 Å². The second-order valence-electron chi connectivity index (χ2n) is 5.16. The van der Waals surface area contributed by atoms with Crippen LogP contribution < -0.4 is 4.80 Å². The number of aromatic nitrogens is 1. The number of nitrogens with zero attached hydrogens (tertiary/aromatic N) is 2. The van der Waals surface area contributed by atoms with E-state index < -0.39 is 0 Å². The van der Waals surface area contributed by atoms with Gasteiger partial charge in [-0.05, 0) is 50.8 Å². The molecule has 0 aliphatic heterocycles. The van der Waals surface area contributed by atoms with Crippen LogP contribution in [0.1, 0.15) is 35.7 Å². The Hall–Kier alpha value is -1.35. The van der Waals surface area contributed by atoms with Crippen molar-refractivity contribution >= 4 is 17.0 Å². The molecule has 0 saturated heterocycles. The second kappa shape index (κ2) is 4.39. The van der Waals surface area contributed by atoms with Crippen molar-refractivity contribution in [3.05, 3.63) is 45.2 Å². The molecular formula is C15H18N2S. The molecule has 1 saturated carbocycles. The molecule has 0 N–H and O–H groups in total. The zero-order valence-electron chi connectivity index (χ0n) is 11.1. The molecule has 1 fully saturated rings. The fraction of sp³-hybridized carbons (Fsp3) is 0.400. The van der Waals surface area contributed by atoms with Crippen molar-refractivity contribution in [1.82, 2.24) is 4.57 Å². The molecule has 3 rings (SSSR count). The molecule has 1 heterocycles. The van der Waals surface area contributed by atoms with Gasteiger partial charge >= 0.3 is 0 Å². The average molecular weight is 258 g/mol. The number of rotatable bonds is 2. The Morgan fingerprint density at radius 3 is 2.72 bits per heavy atom. The minimum absolute atomic E-state index is 0.695. The summed E-state index contributed by atoms with van der Waals surface area (Å²) in [6.45, 7) is 6.42. The number of thiazole rings is 1. The van der Waals surface area contributed by atoms with E-state index in [0.717, 1.165) is 10.5 Å². The Labute approximate surface area is 112 Å². The van der Waals surface area contributed by atoms with E-state index in [4.69, 9.17) is 4.99 Å². The van der Waals surface area contributed by atoms with Gasteiger partial charge in [0.25, 0.3) is 0 Å². The molecule has 0 unspecified atom stereocenters.